The maximum Gasteiger partial charge on any atom is 0.296 e. The zero-order valence-electron chi connectivity index (χ0n) is 14.0. The van der Waals surface area contributed by atoms with E-state index in [0.29, 0.717) is 11.6 Å². The highest BCUT2D eigenvalue weighted by Crippen LogP contribution is 2.25. The number of carbonyl (C=O) groups is 1. The highest BCUT2D eigenvalue weighted by Gasteiger charge is 2.19. The molecule has 0 aliphatic carbocycles. The molecular weight excluding hydrogens is 346 g/mol. The van der Waals surface area contributed by atoms with Crippen LogP contribution in [0.2, 0.25) is 0 Å². The van der Waals surface area contributed by atoms with Crippen LogP contribution in [-0.4, -0.2) is 25.7 Å². The molecule has 7 heteroatoms. The van der Waals surface area contributed by atoms with Crippen molar-refractivity contribution in [1.82, 2.24) is 19.7 Å². The summed E-state index contributed by atoms with van der Waals surface area (Å²) in [4.78, 5) is 22.2. The second-order valence-electron chi connectivity index (χ2n) is 5.66. The first-order chi connectivity index (χ1) is 12.7. The van der Waals surface area contributed by atoms with Gasteiger partial charge in [0, 0.05) is 6.20 Å². The van der Waals surface area contributed by atoms with Crippen LogP contribution in [0.1, 0.15) is 16.2 Å². The van der Waals surface area contributed by atoms with E-state index in [-0.39, 0.29) is 5.82 Å². The Kier molecular flexibility index (Phi) is 4.28. The number of thiophene rings is 1. The van der Waals surface area contributed by atoms with Crippen molar-refractivity contribution in [2.24, 2.45) is 0 Å². The van der Waals surface area contributed by atoms with E-state index in [9.17, 15) is 4.79 Å². The zero-order chi connectivity index (χ0) is 17.9. The summed E-state index contributed by atoms with van der Waals surface area (Å²) in [6.45, 7) is 1.94. The Morgan fingerprint density at radius 2 is 1.92 bits per heavy atom. The average molecular weight is 361 g/mol. The van der Waals surface area contributed by atoms with Gasteiger partial charge in [0.05, 0.1) is 10.6 Å². The maximum absolute atomic E-state index is 12.6. The fourth-order valence-electron chi connectivity index (χ4n) is 2.44. The molecule has 0 saturated heterocycles. The molecule has 1 amide bonds. The summed E-state index contributed by atoms with van der Waals surface area (Å²) in [5.41, 5.74) is 1.87. The fraction of sp³-hybridized carbons (Fsp3) is 0.0526. The third-order valence-electron chi connectivity index (χ3n) is 3.71. The Labute approximate surface area is 154 Å². The van der Waals surface area contributed by atoms with Crippen LogP contribution in [0.3, 0.4) is 0 Å². The van der Waals surface area contributed by atoms with Gasteiger partial charge in [0.2, 0.25) is 5.82 Å². The molecule has 0 atom stereocenters. The number of aryl methyl sites for hydroxylation is 1. The van der Waals surface area contributed by atoms with Gasteiger partial charge in [0.25, 0.3) is 5.91 Å². The van der Waals surface area contributed by atoms with E-state index in [4.69, 9.17) is 0 Å². The number of hydrogen-bond acceptors (Lipinski definition) is 5. The van der Waals surface area contributed by atoms with Gasteiger partial charge in [-0.15, -0.1) is 16.4 Å². The number of pyridine rings is 1. The van der Waals surface area contributed by atoms with E-state index in [2.05, 4.69) is 20.4 Å². The van der Waals surface area contributed by atoms with Gasteiger partial charge < -0.3 is 5.32 Å². The van der Waals surface area contributed by atoms with E-state index in [1.54, 1.807) is 28.3 Å². The lowest BCUT2D eigenvalue weighted by Crippen LogP contribution is -2.15. The molecule has 0 fully saturated rings. The molecule has 0 aliphatic rings. The smallest absolute Gasteiger partial charge is 0.296 e. The van der Waals surface area contributed by atoms with Crippen molar-refractivity contribution >= 4 is 23.1 Å². The molecule has 1 aromatic carbocycles. The third kappa shape index (κ3) is 3.25. The predicted molar refractivity (Wildman–Crippen MR) is 102 cm³/mol. The Morgan fingerprint density at radius 1 is 1.08 bits per heavy atom. The summed E-state index contributed by atoms with van der Waals surface area (Å²) in [6.07, 6.45) is 1.70. The highest BCUT2D eigenvalue weighted by atomic mass is 32.1. The van der Waals surface area contributed by atoms with Gasteiger partial charge in [-0.25, -0.2) is 14.6 Å². The number of nitrogens with zero attached hydrogens (tertiary/aromatic N) is 4. The normalized spacial score (nSPS) is 10.7. The molecule has 0 bridgehead atoms. The lowest BCUT2D eigenvalue weighted by Gasteiger charge is -2.03. The summed E-state index contributed by atoms with van der Waals surface area (Å²) in [7, 11) is 0. The van der Waals surface area contributed by atoms with Crippen molar-refractivity contribution in [2.75, 3.05) is 5.32 Å². The summed E-state index contributed by atoms with van der Waals surface area (Å²) in [5.74, 6) is 0.802. The molecule has 1 N–H and O–H groups in total. The Hall–Kier alpha value is -3.32. The maximum atomic E-state index is 12.6. The van der Waals surface area contributed by atoms with E-state index in [1.807, 2.05) is 60.8 Å². The molecule has 6 nitrogen and oxygen atoms in total. The lowest BCUT2D eigenvalue weighted by molar-refractivity contribution is 0.101. The van der Waals surface area contributed by atoms with Crippen LogP contribution < -0.4 is 5.32 Å². The minimum Gasteiger partial charge on any atom is -0.304 e. The van der Waals surface area contributed by atoms with Crippen molar-refractivity contribution in [2.45, 2.75) is 6.92 Å². The monoisotopic (exact) mass is 361 g/mol. The van der Waals surface area contributed by atoms with Crippen LogP contribution in [0.15, 0.2) is 66.2 Å². The summed E-state index contributed by atoms with van der Waals surface area (Å²) < 4.78 is 1.68. The van der Waals surface area contributed by atoms with Crippen LogP contribution in [0.25, 0.3) is 16.4 Å². The van der Waals surface area contributed by atoms with E-state index >= 15 is 0 Å². The largest absolute Gasteiger partial charge is 0.304 e. The molecule has 0 radical (unpaired) electrons. The number of rotatable bonds is 4. The van der Waals surface area contributed by atoms with Gasteiger partial charge in [0.1, 0.15) is 5.82 Å². The number of aromatic nitrogens is 4. The molecule has 0 aliphatic heterocycles. The van der Waals surface area contributed by atoms with E-state index < -0.39 is 5.91 Å². The number of carbonyl (C=O) groups excluding carboxylic acids is 1. The molecule has 3 heterocycles. The number of benzene rings is 1. The number of amides is 1. The van der Waals surface area contributed by atoms with Crippen molar-refractivity contribution in [3.63, 3.8) is 0 Å². The molecule has 0 spiro atoms. The lowest BCUT2D eigenvalue weighted by atomic mass is 10.3. The van der Waals surface area contributed by atoms with E-state index in [0.717, 1.165) is 16.1 Å². The molecule has 128 valence electrons. The number of hydrogen-bond donors (Lipinski definition) is 1. The molecular formula is C19H15N5OS. The van der Waals surface area contributed by atoms with E-state index in [1.165, 1.54) is 0 Å². The van der Waals surface area contributed by atoms with Gasteiger partial charge in [-0.2, -0.15) is 0 Å². The van der Waals surface area contributed by atoms with Gasteiger partial charge >= 0.3 is 0 Å². The molecule has 4 aromatic rings. The van der Waals surface area contributed by atoms with Crippen LogP contribution in [0, 0.1) is 6.92 Å². The third-order valence-corrected chi connectivity index (χ3v) is 4.57. The van der Waals surface area contributed by atoms with Crippen LogP contribution in [0.4, 0.5) is 5.82 Å². The molecule has 26 heavy (non-hydrogen) atoms. The first kappa shape index (κ1) is 16.2. The van der Waals surface area contributed by atoms with Crippen LogP contribution in [-0.2, 0) is 0 Å². The van der Waals surface area contributed by atoms with Crippen molar-refractivity contribution < 1.29 is 4.79 Å². The van der Waals surface area contributed by atoms with Crippen molar-refractivity contribution in [1.29, 1.82) is 0 Å². The van der Waals surface area contributed by atoms with Crippen LogP contribution >= 0.6 is 11.3 Å². The summed E-state index contributed by atoms with van der Waals surface area (Å²) >= 11 is 1.55. The number of para-hydroxylation sites is 1. The van der Waals surface area contributed by atoms with Crippen LogP contribution in [0.5, 0.6) is 0 Å². The Bertz CT molecular complexity index is 1020. The Morgan fingerprint density at radius 3 is 2.62 bits per heavy atom. The molecule has 0 saturated carbocycles. The highest BCUT2D eigenvalue weighted by molar-refractivity contribution is 7.13. The quantitative estimate of drug-likeness (QED) is 0.597. The van der Waals surface area contributed by atoms with Gasteiger partial charge in [-0.1, -0.05) is 30.3 Å². The summed E-state index contributed by atoms with van der Waals surface area (Å²) in [6, 6.07) is 17.2. The molecule has 4 rings (SSSR count). The second-order valence-corrected chi connectivity index (χ2v) is 6.61. The molecule has 0 unspecified atom stereocenters. The Balaban J connectivity index is 1.71. The minimum absolute atomic E-state index is 0.0969. The summed E-state index contributed by atoms with van der Waals surface area (Å²) in [5, 5.41) is 9.13. The van der Waals surface area contributed by atoms with Crippen molar-refractivity contribution in [3.05, 3.63) is 77.6 Å². The number of nitrogens with one attached hydrogen (secondary N) is 1. The van der Waals surface area contributed by atoms with Gasteiger partial charge in [-0.3, -0.25) is 4.79 Å². The van der Waals surface area contributed by atoms with Gasteiger partial charge in [0.15, 0.2) is 5.82 Å². The molecule has 3 aromatic heterocycles. The zero-order valence-corrected chi connectivity index (χ0v) is 14.8. The second kappa shape index (κ2) is 6.89. The predicted octanol–water partition coefficient (Wildman–Crippen LogP) is 3.95. The average Bonchev–Trinajstić information content (AvgIpc) is 3.34. The standard InChI is InChI=1S/C19H15N5OS/c1-13-9-10-16(20-12-13)21-19(25)17-22-18(15-8-5-11-26-15)24(23-17)14-6-3-2-4-7-14/h2-12H,1H3,(H,20,21,25). The minimum atomic E-state index is -0.395. The SMILES string of the molecule is Cc1ccc(NC(=O)c2nc(-c3cccs3)n(-c3ccccc3)n2)nc1. The van der Waals surface area contributed by atoms with Crippen molar-refractivity contribution in [3.8, 4) is 16.4 Å². The first-order valence-corrected chi connectivity index (χ1v) is 8.89. The fourth-order valence-corrected chi connectivity index (χ4v) is 3.14. The topological polar surface area (TPSA) is 72.7 Å². The van der Waals surface area contributed by atoms with Gasteiger partial charge in [-0.05, 0) is 42.1 Å². The first-order valence-electron chi connectivity index (χ1n) is 8.01. The number of anilines is 1.